The van der Waals surface area contributed by atoms with E-state index < -0.39 is 7.05 Å². The van der Waals surface area contributed by atoms with Gasteiger partial charge in [-0.15, -0.1) is 0 Å². The van der Waals surface area contributed by atoms with Gasteiger partial charge in [0.2, 0.25) is 0 Å². The molecule has 0 saturated carbocycles. The van der Waals surface area contributed by atoms with Crippen LogP contribution < -0.4 is 0 Å². The molecule has 0 N–H and O–H groups in total. The van der Waals surface area contributed by atoms with Crippen molar-refractivity contribution in [2.75, 3.05) is 18.5 Å². The van der Waals surface area contributed by atoms with Crippen molar-refractivity contribution in [1.82, 2.24) is 0 Å². The molecule has 0 aliphatic heterocycles. The van der Waals surface area contributed by atoms with Crippen molar-refractivity contribution in [3.8, 4) is 0 Å². The molecule has 0 aromatic carbocycles. The molecule has 0 radical (unpaired) electrons. The Hall–Kier alpha value is -0.0957. The molecule has 0 amide bonds. The second kappa shape index (κ2) is 20.5. The minimum Gasteiger partial charge on any atom is -0.272 e. The van der Waals surface area contributed by atoms with Crippen LogP contribution in [0.25, 0.3) is 0 Å². The van der Waals surface area contributed by atoms with Gasteiger partial charge < -0.3 is 0 Å². The predicted octanol–water partition coefficient (Wildman–Crippen LogP) is 10.1. The third-order valence-electron chi connectivity index (χ3n) is 5.31. The molecule has 1 nitrogen and oxygen atoms in total. The van der Waals surface area contributed by atoms with Gasteiger partial charge in [-0.3, -0.25) is 4.74 Å². The van der Waals surface area contributed by atoms with Crippen LogP contribution in [0.1, 0.15) is 93.9 Å². The van der Waals surface area contributed by atoms with Crippen LogP contribution in [0.3, 0.4) is 0 Å². The smallest absolute Gasteiger partial charge is 0.0425 e. The van der Waals surface area contributed by atoms with Crippen LogP contribution >= 0.6 is 7.05 Å². The van der Waals surface area contributed by atoms with Gasteiger partial charge in [-0.2, -0.15) is 0 Å². The zero-order chi connectivity index (χ0) is 22.8. The van der Waals surface area contributed by atoms with Crippen molar-refractivity contribution >= 4 is 7.05 Å². The predicted molar refractivity (Wildman–Crippen MR) is 143 cm³/mol. The third kappa shape index (κ3) is 19.1. The molecule has 1 rings (SSSR count). The average Bonchev–Trinajstić information content (AvgIpc) is 3.19. The Balaban J connectivity index is 0. The Labute approximate surface area is 211 Å². The topological polar surface area (TPSA) is 12.4 Å². The quantitative estimate of drug-likeness (QED) is 0.141. The first-order valence-corrected chi connectivity index (χ1v) is 14.8. The van der Waals surface area contributed by atoms with E-state index in [4.69, 9.17) is 4.74 Å². The standard InChI is InChI=1S/C20H38NP.C8H14.Ti/c1-17(2)11-14-22(15-12-18(3)4,16-13-19(5)6)21-20-9-7-8-10-20;1-3-5-7-8-6-4-2;/h7-9,17-19H,10-16H2,1-6H3;5-8H,3-4H2,1-2H3;. The average molecular weight is 482 g/mol. The molecule has 0 bridgehead atoms. The fourth-order valence-electron chi connectivity index (χ4n) is 3.19. The first-order valence-electron chi connectivity index (χ1n) is 12.5. The van der Waals surface area contributed by atoms with E-state index in [-0.39, 0.29) is 21.7 Å². The Morgan fingerprint density at radius 2 is 1.23 bits per heavy atom. The van der Waals surface area contributed by atoms with Crippen LogP contribution in [-0.4, -0.2) is 18.5 Å². The Kier molecular flexibility index (Phi) is 21.9. The van der Waals surface area contributed by atoms with Gasteiger partial charge in [0.25, 0.3) is 0 Å². The van der Waals surface area contributed by atoms with Gasteiger partial charge in [-0.25, -0.2) is 0 Å². The molecule has 0 heterocycles. The summed E-state index contributed by atoms with van der Waals surface area (Å²) < 4.78 is 5.43. The number of allylic oxidation sites excluding steroid dienone is 7. The summed E-state index contributed by atoms with van der Waals surface area (Å²) in [7, 11) is -1.19. The van der Waals surface area contributed by atoms with E-state index in [9.17, 15) is 0 Å². The Morgan fingerprint density at radius 3 is 1.52 bits per heavy atom. The van der Waals surface area contributed by atoms with Crippen LogP contribution in [0, 0.1) is 17.8 Å². The number of hydrogen-bond acceptors (Lipinski definition) is 1. The summed E-state index contributed by atoms with van der Waals surface area (Å²) >= 11 is 0. The third-order valence-corrected chi connectivity index (χ3v) is 9.27. The molecule has 1 aliphatic carbocycles. The number of hydrogen-bond donors (Lipinski definition) is 0. The molecular formula is C28H52NPTi. The van der Waals surface area contributed by atoms with Crippen molar-refractivity contribution in [2.24, 2.45) is 22.5 Å². The van der Waals surface area contributed by atoms with Crippen LogP contribution in [0.5, 0.6) is 0 Å². The summed E-state index contributed by atoms with van der Waals surface area (Å²) in [5, 5.41) is 0. The molecule has 0 aromatic heterocycles. The fraction of sp³-hybridized carbons (Fsp3) is 0.714. The molecule has 0 aromatic rings. The Bertz CT molecular complexity index is 544. The summed E-state index contributed by atoms with van der Waals surface area (Å²) in [6.45, 7) is 18.4. The molecule has 0 atom stereocenters. The van der Waals surface area contributed by atoms with Gasteiger partial charge in [0.05, 0.1) is 0 Å². The maximum Gasteiger partial charge on any atom is 0.0425 e. The molecule has 31 heavy (non-hydrogen) atoms. The van der Waals surface area contributed by atoms with Crippen LogP contribution in [0.15, 0.2) is 53.0 Å². The second-order valence-electron chi connectivity index (χ2n) is 9.88. The largest absolute Gasteiger partial charge is 0.272 e. The first kappa shape index (κ1) is 33.1. The maximum absolute atomic E-state index is 5.43. The summed E-state index contributed by atoms with van der Waals surface area (Å²) in [4.78, 5) is 0. The van der Waals surface area contributed by atoms with E-state index in [1.54, 1.807) is 0 Å². The zero-order valence-corrected chi connectivity index (χ0v) is 24.5. The van der Waals surface area contributed by atoms with Gasteiger partial charge in [0.1, 0.15) is 0 Å². The van der Waals surface area contributed by atoms with Crippen molar-refractivity contribution < 1.29 is 21.7 Å². The molecule has 0 saturated heterocycles. The summed E-state index contributed by atoms with van der Waals surface area (Å²) in [6, 6.07) is 0. The monoisotopic (exact) mass is 481 g/mol. The van der Waals surface area contributed by atoms with Gasteiger partial charge >= 0.3 is 0 Å². The summed E-state index contributed by atoms with van der Waals surface area (Å²) in [5.41, 5.74) is 1.35. The molecule has 0 fully saturated rings. The van der Waals surface area contributed by atoms with Crippen LogP contribution in [0.2, 0.25) is 0 Å². The molecule has 1 aliphatic rings. The number of nitrogens with zero attached hydrogens (tertiary/aromatic N) is 1. The molecular weight excluding hydrogens is 429 g/mol. The van der Waals surface area contributed by atoms with Crippen molar-refractivity contribution in [3.63, 3.8) is 0 Å². The molecule has 0 spiro atoms. The fourth-order valence-corrected chi connectivity index (χ4v) is 7.85. The summed E-state index contributed by atoms with van der Waals surface area (Å²) in [6.07, 6.45) is 26.6. The summed E-state index contributed by atoms with van der Waals surface area (Å²) in [5.74, 6) is 2.38. The van der Waals surface area contributed by atoms with E-state index in [0.29, 0.717) is 0 Å². The minimum atomic E-state index is -1.19. The van der Waals surface area contributed by atoms with Crippen LogP contribution in [-0.2, 0) is 21.7 Å². The normalized spacial score (nSPS) is 13.8. The van der Waals surface area contributed by atoms with E-state index >= 15 is 0 Å². The Morgan fingerprint density at radius 1 is 0.806 bits per heavy atom. The maximum atomic E-state index is 5.43. The van der Waals surface area contributed by atoms with Crippen molar-refractivity contribution in [3.05, 3.63) is 48.2 Å². The van der Waals surface area contributed by atoms with Crippen molar-refractivity contribution in [1.29, 1.82) is 0 Å². The zero-order valence-electron chi connectivity index (χ0n) is 22.0. The van der Waals surface area contributed by atoms with E-state index in [1.807, 2.05) is 0 Å². The SMILES string of the molecule is CC(C)CCP(CCC(C)C)(CCC(C)C)=NC1=CC=CC1.CCC=CC=CCC.[Ti]. The molecule has 3 heteroatoms. The molecule has 0 unspecified atom stereocenters. The first-order chi connectivity index (χ1) is 14.2. The van der Waals surface area contributed by atoms with E-state index in [0.717, 1.165) is 37.0 Å². The van der Waals surface area contributed by atoms with E-state index in [2.05, 4.69) is 97.9 Å². The second-order valence-corrected chi connectivity index (χ2v) is 13.6. The minimum absolute atomic E-state index is 0. The number of rotatable bonds is 13. The van der Waals surface area contributed by atoms with E-state index in [1.165, 1.54) is 43.4 Å². The van der Waals surface area contributed by atoms with Crippen LogP contribution in [0.4, 0.5) is 0 Å². The van der Waals surface area contributed by atoms with Crippen molar-refractivity contribution in [2.45, 2.75) is 93.9 Å². The molecule has 178 valence electrons. The van der Waals surface area contributed by atoms with Gasteiger partial charge in [0, 0.05) is 33.8 Å². The van der Waals surface area contributed by atoms with Gasteiger partial charge in [-0.05, 0) is 81.5 Å². The van der Waals surface area contributed by atoms with Gasteiger partial charge in [-0.1, -0.05) is 91.8 Å². The van der Waals surface area contributed by atoms with Gasteiger partial charge in [0.15, 0.2) is 0 Å².